The molecule has 0 aliphatic rings. The zero-order valence-corrected chi connectivity index (χ0v) is 11.2. The Morgan fingerprint density at radius 3 is 2.31 bits per heavy atom. The van der Waals surface area contributed by atoms with Crippen LogP contribution in [0.1, 0.15) is 37.5 Å². The summed E-state index contributed by atoms with van der Waals surface area (Å²) in [6, 6.07) is 8.08. The Hall–Kier alpha value is -1.32. The van der Waals surface area contributed by atoms with Crippen LogP contribution in [0.15, 0.2) is 16.6 Å². The molecule has 0 N–H and O–H groups in total. The van der Waals surface area contributed by atoms with Crippen LogP contribution in [0, 0.1) is 22.7 Å². The molecule has 0 fully saturated rings. The average molecular weight is 277 g/mol. The van der Waals surface area contributed by atoms with Gasteiger partial charge >= 0.3 is 0 Å². The fraction of sp³-hybridized carbons (Fsp3) is 0.385. The van der Waals surface area contributed by atoms with Crippen molar-refractivity contribution in [2.45, 2.75) is 32.6 Å². The molecular weight excluding hydrogens is 264 g/mol. The molecule has 0 aliphatic carbocycles. The lowest BCUT2D eigenvalue weighted by Crippen LogP contribution is -2.14. The van der Waals surface area contributed by atoms with E-state index >= 15 is 0 Å². The molecule has 0 atom stereocenters. The fourth-order valence-electron chi connectivity index (χ4n) is 1.55. The molecule has 1 aromatic rings. The van der Waals surface area contributed by atoms with Crippen molar-refractivity contribution >= 4 is 15.9 Å². The lowest BCUT2D eigenvalue weighted by molar-refractivity contribution is 0.587. The van der Waals surface area contributed by atoms with Crippen LogP contribution in [-0.2, 0) is 11.8 Å². The van der Waals surface area contributed by atoms with E-state index in [9.17, 15) is 0 Å². The second kappa shape index (κ2) is 4.68. The summed E-state index contributed by atoms with van der Waals surface area (Å²) in [6.07, 6.45) is 0.357. The fourth-order valence-corrected chi connectivity index (χ4v) is 2.04. The SMILES string of the molecule is CC(C)(C)c1cc(CC#N)c(Br)cc1C#N. The molecule has 0 heterocycles. The van der Waals surface area contributed by atoms with Gasteiger partial charge in [-0.15, -0.1) is 0 Å². The number of nitrogens with zero attached hydrogens (tertiary/aromatic N) is 2. The van der Waals surface area contributed by atoms with E-state index in [2.05, 4.69) is 48.8 Å². The van der Waals surface area contributed by atoms with Gasteiger partial charge in [0.2, 0.25) is 0 Å². The van der Waals surface area contributed by atoms with Gasteiger partial charge in [-0.25, -0.2) is 0 Å². The van der Waals surface area contributed by atoms with Crippen LogP contribution in [0.2, 0.25) is 0 Å². The summed E-state index contributed by atoms with van der Waals surface area (Å²) in [5.74, 6) is 0. The van der Waals surface area contributed by atoms with Crippen molar-refractivity contribution in [1.29, 1.82) is 10.5 Å². The first-order valence-corrected chi connectivity index (χ1v) is 5.79. The first-order chi connectivity index (χ1) is 7.40. The van der Waals surface area contributed by atoms with E-state index in [1.54, 1.807) is 6.07 Å². The van der Waals surface area contributed by atoms with Gasteiger partial charge in [0.05, 0.1) is 24.1 Å². The predicted molar refractivity (Wildman–Crippen MR) is 66.9 cm³/mol. The molecular formula is C13H13BrN2. The van der Waals surface area contributed by atoms with Crippen LogP contribution >= 0.6 is 15.9 Å². The molecule has 0 amide bonds. The van der Waals surface area contributed by atoms with Gasteiger partial charge in [-0.2, -0.15) is 10.5 Å². The molecule has 0 saturated heterocycles. The average Bonchev–Trinajstić information content (AvgIpc) is 2.19. The number of hydrogen-bond donors (Lipinski definition) is 0. The molecule has 16 heavy (non-hydrogen) atoms. The lowest BCUT2D eigenvalue weighted by atomic mass is 9.83. The zero-order valence-electron chi connectivity index (χ0n) is 9.63. The lowest BCUT2D eigenvalue weighted by Gasteiger charge is -2.21. The van der Waals surface area contributed by atoms with Gasteiger partial charge in [0.25, 0.3) is 0 Å². The number of halogens is 1. The molecule has 1 aromatic carbocycles. The van der Waals surface area contributed by atoms with E-state index in [0.717, 1.165) is 15.6 Å². The van der Waals surface area contributed by atoms with E-state index in [1.807, 2.05) is 6.07 Å². The summed E-state index contributed by atoms with van der Waals surface area (Å²) in [5.41, 5.74) is 2.51. The van der Waals surface area contributed by atoms with Gasteiger partial charge in [-0.1, -0.05) is 42.8 Å². The molecule has 0 radical (unpaired) electrons. The maximum atomic E-state index is 9.09. The summed E-state index contributed by atoms with van der Waals surface area (Å²) < 4.78 is 0.832. The minimum atomic E-state index is -0.0873. The normalized spacial score (nSPS) is 10.6. The Morgan fingerprint density at radius 2 is 1.88 bits per heavy atom. The summed E-state index contributed by atoms with van der Waals surface area (Å²) >= 11 is 3.39. The predicted octanol–water partition coefficient (Wildman–Crippen LogP) is 3.68. The van der Waals surface area contributed by atoms with Crippen LogP contribution in [0.4, 0.5) is 0 Å². The van der Waals surface area contributed by atoms with Crippen molar-refractivity contribution in [3.05, 3.63) is 33.3 Å². The van der Waals surface area contributed by atoms with Crippen LogP contribution in [-0.4, -0.2) is 0 Å². The zero-order chi connectivity index (χ0) is 12.3. The third-order valence-electron chi connectivity index (χ3n) is 2.38. The van der Waals surface area contributed by atoms with Crippen molar-refractivity contribution in [2.75, 3.05) is 0 Å². The van der Waals surface area contributed by atoms with E-state index < -0.39 is 0 Å². The van der Waals surface area contributed by atoms with Gasteiger partial charge in [-0.3, -0.25) is 0 Å². The molecule has 2 nitrogen and oxygen atoms in total. The quantitative estimate of drug-likeness (QED) is 0.786. The number of benzene rings is 1. The third-order valence-corrected chi connectivity index (χ3v) is 3.12. The smallest absolute Gasteiger partial charge is 0.0995 e. The Bertz CT molecular complexity index is 484. The van der Waals surface area contributed by atoms with Crippen molar-refractivity contribution in [2.24, 2.45) is 0 Å². The van der Waals surface area contributed by atoms with E-state index in [4.69, 9.17) is 10.5 Å². The highest BCUT2D eigenvalue weighted by Crippen LogP contribution is 2.30. The highest BCUT2D eigenvalue weighted by Gasteiger charge is 2.19. The Labute approximate surface area is 105 Å². The summed E-state index contributed by atoms with van der Waals surface area (Å²) in [6.45, 7) is 6.19. The Morgan fingerprint density at radius 1 is 1.25 bits per heavy atom. The highest BCUT2D eigenvalue weighted by atomic mass is 79.9. The molecule has 0 saturated carbocycles. The first kappa shape index (κ1) is 12.7. The second-order valence-corrected chi connectivity index (χ2v) is 5.54. The first-order valence-electron chi connectivity index (χ1n) is 5.00. The van der Waals surface area contributed by atoms with Crippen molar-refractivity contribution in [3.8, 4) is 12.1 Å². The van der Waals surface area contributed by atoms with E-state index in [0.29, 0.717) is 12.0 Å². The molecule has 3 heteroatoms. The molecule has 82 valence electrons. The number of rotatable bonds is 1. The maximum Gasteiger partial charge on any atom is 0.0995 e. The van der Waals surface area contributed by atoms with Crippen LogP contribution in [0.5, 0.6) is 0 Å². The molecule has 0 unspecified atom stereocenters. The number of hydrogen-bond acceptors (Lipinski definition) is 2. The van der Waals surface area contributed by atoms with Gasteiger partial charge in [-0.05, 0) is 22.6 Å². The molecule has 1 rings (SSSR count). The van der Waals surface area contributed by atoms with Crippen LogP contribution < -0.4 is 0 Å². The molecule has 0 aromatic heterocycles. The second-order valence-electron chi connectivity index (χ2n) is 4.69. The summed E-state index contributed by atoms with van der Waals surface area (Å²) in [4.78, 5) is 0. The van der Waals surface area contributed by atoms with Crippen molar-refractivity contribution < 1.29 is 0 Å². The van der Waals surface area contributed by atoms with Crippen molar-refractivity contribution in [1.82, 2.24) is 0 Å². The van der Waals surface area contributed by atoms with Crippen LogP contribution in [0.3, 0.4) is 0 Å². The largest absolute Gasteiger partial charge is 0.198 e. The van der Waals surface area contributed by atoms with Crippen molar-refractivity contribution in [3.63, 3.8) is 0 Å². The monoisotopic (exact) mass is 276 g/mol. The van der Waals surface area contributed by atoms with Crippen LogP contribution in [0.25, 0.3) is 0 Å². The summed E-state index contributed by atoms with van der Waals surface area (Å²) in [7, 11) is 0. The standard InChI is InChI=1S/C13H13BrN2/c1-13(2,3)11-6-9(4-5-15)12(14)7-10(11)8-16/h6-7H,4H2,1-3H3. The van der Waals surface area contributed by atoms with E-state index in [-0.39, 0.29) is 5.41 Å². The molecule has 0 bridgehead atoms. The topological polar surface area (TPSA) is 47.6 Å². The Balaban J connectivity index is 3.43. The van der Waals surface area contributed by atoms with Gasteiger partial charge in [0, 0.05) is 4.47 Å². The number of nitriles is 2. The van der Waals surface area contributed by atoms with Gasteiger partial charge in [0.15, 0.2) is 0 Å². The summed E-state index contributed by atoms with van der Waals surface area (Å²) in [5, 5.41) is 17.8. The minimum Gasteiger partial charge on any atom is -0.198 e. The minimum absolute atomic E-state index is 0.0873. The van der Waals surface area contributed by atoms with E-state index in [1.165, 1.54) is 0 Å². The highest BCUT2D eigenvalue weighted by molar-refractivity contribution is 9.10. The van der Waals surface area contributed by atoms with Gasteiger partial charge in [0.1, 0.15) is 0 Å². The Kier molecular flexibility index (Phi) is 3.73. The maximum absolute atomic E-state index is 9.09. The molecule has 0 aliphatic heterocycles. The van der Waals surface area contributed by atoms with Gasteiger partial charge < -0.3 is 0 Å². The molecule has 0 spiro atoms. The third kappa shape index (κ3) is 2.62.